The number of non-ortho nitro benzene ring substituents is 1. The monoisotopic (exact) mass is 408 g/mol. The lowest BCUT2D eigenvalue weighted by atomic mass is 9.79. The first-order valence-electron chi connectivity index (χ1n) is 10.1. The molecule has 1 aliphatic rings. The molecule has 0 fully saturated rings. The number of benzene rings is 2. The van der Waals surface area contributed by atoms with Crippen LogP contribution in [0.3, 0.4) is 0 Å². The zero-order valence-corrected chi connectivity index (χ0v) is 18.0. The van der Waals surface area contributed by atoms with Crippen molar-refractivity contribution in [1.82, 2.24) is 5.43 Å². The number of nitro groups is 1. The summed E-state index contributed by atoms with van der Waals surface area (Å²) in [5, 5.41) is 14.9. The van der Waals surface area contributed by atoms with Crippen molar-refractivity contribution in [3.05, 3.63) is 69.3 Å². The maximum Gasteiger partial charge on any atom is 0.271 e. The summed E-state index contributed by atoms with van der Waals surface area (Å²) in [5.74, 6) is -0.0770. The predicted molar refractivity (Wildman–Crippen MR) is 119 cm³/mol. The number of rotatable bonds is 5. The zero-order chi connectivity index (χ0) is 22.1. The lowest BCUT2D eigenvalue weighted by molar-refractivity contribution is -0.384. The normalized spacial score (nSPS) is 17.8. The molecule has 0 aliphatic carbocycles. The van der Waals surface area contributed by atoms with Gasteiger partial charge in [-0.3, -0.25) is 14.9 Å². The molecule has 0 bridgehead atoms. The van der Waals surface area contributed by atoms with E-state index < -0.39 is 10.8 Å². The molecule has 2 aromatic carbocycles. The van der Waals surface area contributed by atoms with E-state index in [0.717, 1.165) is 12.0 Å². The average Bonchev–Trinajstić information content (AvgIpc) is 2.67. The fourth-order valence-electron chi connectivity index (χ4n) is 4.52. The first kappa shape index (κ1) is 21.5. The minimum absolute atomic E-state index is 0.0858. The van der Waals surface area contributed by atoms with E-state index in [-0.39, 0.29) is 16.8 Å². The molecule has 1 N–H and O–H groups in total. The van der Waals surface area contributed by atoms with Gasteiger partial charge in [0.1, 0.15) is 0 Å². The predicted octanol–water partition coefficient (Wildman–Crippen LogP) is 4.86. The van der Waals surface area contributed by atoms with Crippen LogP contribution in [0.25, 0.3) is 0 Å². The maximum atomic E-state index is 12.2. The molecule has 7 heteroatoms. The highest BCUT2D eigenvalue weighted by molar-refractivity contribution is 5.95. The molecule has 30 heavy (non-hydrogen) atoms. The summed E-state index contributed by atoms with van der Waals surface area (Å²) >= 11 is 0. The van der Waals surface area contributed by atoms with E-state index in [1.165, 1.54) is 35.5 Å². The molecule has 3 rings (SSSR count). The van der Waals surface area contributed by atoms with Crippen LogP contribution in [0.1, 0.15) is 68.4 Å². The topological polar surface area (TPSA) is 87.8 Å². The molecule has 0 aromatic heterocycles. The first-order chi connectivity index (χ1) is 14.1. The molecule has 0 saturated heterocycles. The average molecular weight is 409 g/mol. The molecule has 0 radical (unpaired) electrons. The lowest BCUT2D eigenvalue weighted by Crippen LogP contribution is -2.51. The quantitative estimate of drug-likeness (QED) is 0.435. The van der Waals surface area contributed by atoms with E-state index in [4.69, 9.17) is 0 Å². The Bertz CT molecular complexity index is 998. The highest BCUT2D eigenvalue weighted by Crippen LogP contribution is 2.44. The number of nitro benzene ring substituents is 1. The largest absolute Gasteiger partial charge is 0.364 e. The van der Waals surface area contributed by atoms with Crippen molar-refractivity contribution in [2.24, 2.45) is 5.10 Å². The van der Waals surface area contributed by atoms with Crippen molar-refractivity contribution in [1.29, 1.82) is 0 Å². The summed E-state index contributed by atoms with van der Waals surface area (Å²) < 4.78 is 0. The molecule has 1 heterocycles. The van der Waals surface area contributed by atoms with Gasteiger partial charge in [-0.05, 0) is 69.4 Å². The second-order valence-electron chi connectivity index (χ2n) is 8.71. The van der Waals surface area contributed by atoms with E-state index in [1.54, 1.807) is 6.21 Å². The van der Waals surface area contributed by atoms with Crippen molar-refractivity contribution in [2.75, 3.05) is 4.90 Å². The molecule has 0 unspecified atom stereocenters. The Labute approximate surface area is 176 Å². The summed E-state index contributed by atoms with van der Waals surface area (Å²) in [7, 11) is 0. The van der Waals surface area contributed by atoms with Gasteiger partial charge in [-0.1, -0.05) is 19.1 Å². The van der Waals surface area contributed by atoms with Gasteiger partial charge in [0, 0.05) is 35.0 Å². The number of carbonyl (C=O) groups is 1. The lowest BCUT2D eigenvalue weighted by Gasteiger charge is -2.50. The molecule has 7 nitrogen and oxygen atoms in total. The maximum absolute atomic E-state index is 12.2. The molecule has 0 saturated carbocycles. The molecular formula is C23H28N4O3. The van der Waals surface area contributed by atoms with Crippen LogP contribution in [0.5, 0.6) is 0 Å². The van der Waals surface area contributed by atoms with Gasteiger partial charge in [0.05, 0.1) is 11.1 Å². The zero-order valence-electron chi connectivity index (χ0n) is 18.0. The molecule has 0 spiro atoms. The highest BCUT2D eigenvalue weighted by atomic mass is 16.6. The summed E-state index contributed by atoms with van der Waals surface area (Å²) in [5.41, 5.74) is 6.00. The summed E-state index contributed by atoms with van der Waals surface area (Å²) in [4.78, 5) is 25.0. The van der Waals surface area contributed by atoms with Crippen LogP contribution in [0.15, 0.2) is 47.6 Å². The number of nitrogens with zero attached hydrogens (tertiary/aromatic N) is 3. The Morgan fingerprint density at radius 2 is 2.03 bits per heavy atom. The Kier molecular flexibility index (Phi) is 5.92. The third-order valence-electron chi connectivity index (χ3n) is 5.52. The van der Waals surface area contributed by atoms with Crippen LogP contribution >= 0.6 is 0 Å². The number of fused-ring (bicyclic) bond motifs is 1. The Morgan fingerprint density at radius 1 is 1.30 bits per heavy atom. The van der Waals surface area contributed by atoms with Crippen LogP contribution in [-0.2, 0) is 0 Å². The summed E-state index contributed by atoms with van der Waals surface area (Å²) in [6.07, 6.45) is 2.66. The van der Waals surface area contributed by atoms with Crippen LogP contribution in [-0.4, -0.2) is 28.6 Å². The Morgan fingerprint density at radius 3 is 2.70 bits per heavy atom. The van der Waals surface area contributed by atoms with Crippen molar-refractivity contribution < 1.29 is 9.72 Å². The third-order valence-corrected chi connectivity index (χ3v) is 5.52. The molecule has 1 amide bonds. The van der Waals surface area contributed by atoms with Crippen molar-refractivity contribution >= 4 is 23.5 Å². The van der Waals surface area contributed by atoms with Crippen LogP contribution in [0.2, 0.25) is 0 Å². The second-order valence-corrected chi connectivity index (χ2v) is 8.71. The van der Waals surface area contributed by atoms with Crippen molar-refractivity contribution in [2.45, 2.75) is 58.5 Å². The van der Waals surface area contributed by atoms with Crippen LogP contribution < -0.4 is 10.3 Å². The Hall–Kier alpha value is -3.22. The van der Waals surface area contributed by atoms with Gasteiger partial charge >= 0.3 is 0 Å². The van der Waals surface area contributed by atoms with Gasteiger partial charge in [-0.25, -0.2) is 5.43 Å². The first-order valence-corrected chi connectivity index (χ1v) is 10.1. The number of hydrogen-bond donors (Lipinski definition) is 1. The van der Waals surface area contributed by atoms with E-state index in [0.29, 0.717) is 12.0 Å². The minimum atomic E-state index is -0.532. The fraction of sp³-hybridized carbons (Fsp3) is 0.391. The smallest absolute Gasteiger partial charge is 0.271 e. The number of nitrogens with one attached hydrogen (secondary N) is 1. The van der Waals surface area contributed by atoms with E-state index in [2.05, 4.69) is 62.2 Å². The van der Waals surface area contributed by atoms with Gasteiger partial charge < -0.3 is 4.90 Å². The molecule has 2 aromatic rings. The Balaban J connectivity index is 1.78. The molecule has 1 aliphatic heterocycles. The van der Waals surface area contributed by atoms with Crippen molar-refractivity contribution in [3.63, 3.8) is 0 Å². The van der Waals surface area contributed by atoms with Crippen molar-refractivity contribution in [3.8, 4) is 0 Å². The van der Waals surface area contributed by atoms with Gasteiger partial charge in [0.2, 0.25) is 0 Å². The van der Waals surface area contributed by atoms with Gasteiger partial charge in [0.25, 0.3) is 11.6 Å². The third kappa shape index (κ3) is 4.35. The van der Waals surface area contributed by atoms with Gasteiger partial charge in [0.15, 0.2) is 0 Å². The van der Waals surface area contributed by atoms with E-state index in [1.807, 2.05) is 6.07 Å². The van der Waals surface area contributed by atoms with Gasteiger partial charge in [-0.15, -0.1) is 0 Å². The standard InChI is InChI=1S/C23H28N4O3/c1-15(2)26-21-10-9-17(11-20(21)16(3)13-23(26,4)5)14-24-25-22(28)18-7-6-8-19(12-18)27(29)30/h6-12,14-16H,13H2,1-5H3,(H,25,28)/b24-14-/t16-/m0/s1. The van der Waals surface area contributed by atoms with E-state index >= 15 is 0 Å². The number of anilines is 1. The number of hydrazone groups is 1. The highest BCUT2D eigenvalue weighted by Gasteiger charge is 2.37. The summed E-state index contributed by atoms with van der Waals surface area (Å²) in [6, 6.07) is 12.2. The van der Waals surface area contributed by atoms with Crippen LogP contribution in [0.4, 0.5) is 11.4 Å². The number of amides is 1. The number of carbonyl (C=O) groups excluding carboxylic acids is 1. The van der Waals surface area contributed by atoms with E-state index in [9.17, 15) is 14.9 Å². The van der Waals surface area contributed by atoms with Crippen LogP contribution in [0, 0.1) is 10.1 Å². The number of hydrogen-bond acceptors (Lipinski definition) is 5. The van der Waals surface area contributed by atoms with Gasteiger partial charge in [-0.2, -0.15) is 5.10 Å². The molecular weight excluding hydrogens is 380 g/mol. The second kappa shape index (κ2) is 8.26. The minimum Gasteiger partial charge on any atom is -0.364 e. The SMILES string of the molecule is CC(C)N1c2ccc(/C=N\NC(=O)c3cccc([N+](=O)[O-])c3)cc2[C@@H](C)CC1(C)C. The molecule has 1 atom stereocenters. The summed E-state index contributed by atoms with van der Waals surface area (Å²) in [6.45, 7) is 11.2. The fourth-order valence-corrected chi connectivity index (χ4v) is 4.52. The molecule has 158 valence electrons.